The molecule has 0 heterocycles. The Balaban J connectivity index is 2.21. The van der Waals surface area contributed by atoms with Crippen molar-refractivity contribution in [3.63, 3.8) is 0 Å². The van der Waals surface area contributed by atoms with Gasteiger partial charge in [-0.15, -0.1) is 0 Å². The monoisotopic (exact) mass is 292 g/mol. The van der Waals surface area contributed by atoms with Gasteiger partial charge in [0.05, 0.1) is 6.61 Å². The first-order chi connectivity index (χ1) is 10.7. The van der Waals surface area contributed by atoms with Gasteiger partial charge in [-0.3, -0.25) is 0 Å². The average Bonchev–Trinajstić information content (AvgIpc) is 2.55. The van der Waals surface area contributed by atoms with E-state index in [9.17, 15) is 5.11 Å². The summed E-state index contributed by atoms with van der Waals surface area (Å²) in [6.45, 7) is 4.28. The molecule has 0 saturated carbocycles. The van der Waals surface area contributed by atoms with Gasteiger partial charge in [0.1, 0.15) is 5.76 Å². The van der Waals surface area contributed by atoms with Crippen LogP contribution in [0, 0.1) is 0 Å². The minimum Gasteiger partial charge on any atom is -0.508 e. The van der Waals surface area contributed by atoms with Crippen LogP contribution in [-0.2, 0) is 11.2 Å². The third-order valence-electron chi connectivity index (χ3n) is 4.14. The van der Waals surface area contributed by atoms with Crippen molar-refractivity contribution in [1.82, 2.24) is 0 Å². The van der Waals surface area contributed by atoms with Gasteiger partial charge in [0.2, 0.25) is 0 Å². The summed E-state index contributed by atoms with van der Waals surface area (Å²) >= 11 is 0. The Morgan fingerprint density at radius 3 is 2.59 bits per heavy atom. The van der Waals surface area contributed by atoms with Crippen molar-refractivity contribution in [3.05, 3.63) is 82.9 Å². The number of benzene rings is 2. The number of fused-ring (bicyclic) bond motifs is 1. The molecule has 0 atom stereocenters. The van der Waals surface area contributed by atoms with E-state index in [1.165, 1.54) is 27.8 Å². The molecule has 2 nitrogen and oxygen atoms in total. The molecule has 2 aromatic carbocycles. The van der Waals surface area contributed by atoms with Crippen LogP contribution in [0.5, 0.6) is 0 Å². The minimum absolute atomic E-state index is 0.106. The van der Waals surface area contributed by atoms with Gasteiger partial charge in [-0.25, -0.2) is 0 Å². The quantitative estimate of drug-likeness (QED) is 0.834. The Kier molecular flexibility index (Phi) is 4.12. The fourth-order valence-electron chi connectivity index (χ4n) is 3.09. The Bertz CT molecular complexity index is 727. The zero-order valence-electron chi connectivity index (χ0n) is 12.8. The molecule has 0 radical (unpaired) electrons. The van der Waals surface area contributed by atoms with Crippen LogP contribution in [0.15, 0.2) is 60.7 Å². The molecule has 2 heteroatoms. The van der Waals surface area contributed by atoms with Gasteiger partial charge in [-0.1, -0.05) is 49.0 Å². The van der Waals surface area contributed by atoms with Gasteiger partial charge in [-0.2, -0.15) is 0 Å². The van der Waals surface area contributed by atoms with Crippen LogP contribution in [0.3, 0.4) is 0 Å². The summed E-state index contributed by atoms with van der Waals surface area (Å²) < 4.78 is 5.40. The molecule has 1 aliphatic rings. The average molecular weight is 292 g/mol. The minimum atomic E-state index is 0.106. The second kappa shape index (κ2) is 6.20. The van der Waals surface area contributed by atoms with Crippen molar-refractivity contribution in [2.24, 2.45) is 0 Å². The number of ether oxygens (including phenoxy) is 1. The summed E-state index contributed by atoms with van der Waals surface area (Å²) in [6.07, 6.45) is 2.01. The maximum absolute atomic E-state index is 9.72. The SMILES string of the molecule is C=C(O)c1ccc2c(c1)C(c1ccccc1)=C(COC)CC2. The van der Waals surface area contributed by atoms with Crippen molar-refractivity contribution in [2.75, 3.05) is 13.7 Å². The third-order valence-corrected chi connectivity index (χ3v) is 4.14. The van der Waals surface area contributed by atoms with E-state index in [-0.39, 0.29) is 5.76 Å². The third kappa shape index (κ3) is 2.70. The number of methoxy groups -OCH3 is 1. The number of rotatable bonds is 4. The van der Waals surface area contributed by atoms with Gasteiger partial charge in [-0.05, 0) is 46.7 Å². The molecule has 0 aromatic heterocycles. The normalized spacial score (nSPS) is 13.9. The van der Waals surface area contributed by atoms with Crippen molar-refractivity contribution >= 4 is 11.3 Å². The van der Waals surface area contributed by atoms with E-state index < -0.39 is 0 Å². The molecule has 112 valence electrons. The van der Waals surface area contributed by atoms with E-state index in [1.54, 1.807) is 7.11 Å². The summed E-state index contributed by atoms with van der Waals surface area (Å²) in [5.41, 5.74) is 6.98. The van der Waals surface area contributed by atoms with E-state index in [1.807, 2.05) is 18.2 Å². The van der Waals surface area contributed by atoms with Gasteiger partial charge >= 0.3 is 0 Å². The fourth-order valence-corrected chi connectivity index (χ4v) is 3.09. The second-order valence-corrected chi connectivity index (χ2v) is 5.60. The first kappa shape index (κ1) is 14.6. The molecule has 0 aliphatic heterocycles. The van der Waals surface area contributed by atoms with E-state index in [4.69, 9.17) is 4.74 Å². The van der Waals surface area contributed by atoms with Crippen LogP contribution in [0.4, 0.5) is 0 Å². The lowest BCUT2D eigenvalue weighted by Crippen LogP contribution is -2.10. The zero-order valence-corrected chi connectivity index (χ0v) is 12.8. The van der Waals surface area contributed by atoms with E-state index >= 15 is 0 Å². The Hall–Kier alpha value is -2.32. The van der Waals surface area contributed by atoms with Crippen molar-refractivity contribution in [3.8, 4) is 0 Å². The lowest BCUT2D eigenvalue weighted by Gasteiger charge is -2.24. The molecule has 3 rings (SSSR count). The first-order valence-electron chi connectivity index (χ1n) is 7.48. The fraction of sp³-hybridized carbons (Fsp3) is 0.200. The molecule has 0 amide bonds. The smallest absolute Gasteiger partial charge is 0.115 e. The highest BCUT2D eigenvalue weighted by Crippen LogP contribution is 2.37. The van der Waals surface area contributed by atoms with Crippen molar-refractivity contribution in [1.29, 1.82) is 0 Å². The summed E-state index contributed by atoms with van der Waals surface area (Å²) in [6, 6.07) is 16.4. The van der Waals surface area contributed by atoms with Gasteiger partial charge < -0.3 is 9.84 Å². The summed E-state index contributed by atoms with van der Waals surface area (Å²) in [7, 11) is 1.73. The van der Waals surface area contributed by atoms with E-state index in [2.05, 4.69) is 36.9 Å². The van der Waals surface area contributed by atoms with Crippen molar-refractivity contribution in [2.45, 2.75) is 12.8 Å². The van der Waals surface area contributed by atoms with Crippen LogP contribution >= 0.6 is 0 Å². The maximum Gasteiger partial charge on any atom is 0.115 e. The lowest BCUT2D eigenvalue weighted by atomic mass is 9.81. The predicted molar refractivity (Wildman–Crippen MR) is 90.8 cm³/mol. The number of aliphatic hydroxyl groups excluding tert-OH is 1. The number of hydrogen-bond acceptors (Lipinski definition) is 2. The molecular weight excluding hydrogens is 272 g/mol. The zero-order chi connectivity index (χ0) is 15.5. The van der Waals surface area contributed by atoms with Crippen molar-refractivity contribution < 1.29 is 9.84 Å². The topological polar surface area (TPSA) is 29.5 Å². The number of aliphatic hydroxyl groups is 1. The molecule has 1 N–H and O–H groups in total. The predicted octanol–water partition coefficient (Wildman–Crippen LogP) is 4.61. The van der Waals surface area contributed by atoms with Crippen LogP contribution in [0.1, 0.15) is 28.7 Å². The van der Waals surface area contributed by atoms with E-state index in [0.717, 1.165) is 18.4 Å². The molecule has 0 bridgehead atoms. The van der Waals surface area contributed by atoms with Crippen LogP contribution in [0.2, 0.25) is 0 Å². The maximum atomic E-state index is 9.72. The molecule has 2 aromatic rings. The Labute approximate surface area is 131 Å². The van der Waals surface area contributed by atoms with Gasteiger partial charge in [0.25, 0.3) is 0 Å². The highest BCUT2D eigenvalue weighted by Gasteiger charge is 2.20. The summed E-state index contributed by atoms with van der Waals surface area (Å²) in [5, 5.41) is 9.72. The first-order valence-corrected chi connectivity index (χ1v) is 7.48. The summed E-state index contributed by atoms with van der Waals surface area (Å²) in [5.74, 6) is 0.106. The second-order valence-electron chi connectivity index (χ2n) is 5.60. The molecule has 0 unspecified atom stereocenters. The standard InChI is InChI=1S/C20H20O2/c1-14(21)17-10-8-15-9-11-18(13-22-2)20(19(15)12-17)16-6-4-3-5-7-16/h3-8,10,12,21H,1,9,11,13H2,2H3. The Morgan fingerprint density at radius 1 is 1.14 bits per heavy atom. The highest BCUT2D eigenvalue weighted by molar-refractivity contribution is 5.86. The molecule has 0 fully saturated rings. The molecule has 1 aliphatic carbocycles. The molecule has 22 heavy (non-hydrogen) atoms. The summed E-state index contributed by atoms with van der Waals surface area (Å²) in [4.78, 5) is 0. The van der Waals surface area contributed by atoms with E-state index in [0.29, 0.717) is 6.61 Å². The van der Waals surface area contributed by atoms with Gasteiger partial charge in [0, 0.05) is 12.7 Å². The van der Waals surface area contributed by atoms with Gasteiger partial charge in [0.15, 0.2) is 0 Å². The van der Waals surface area contributed by atoms with Crippen LogP contribution in [0.25, 0.3) is 11.3 Å². The highest BCUT2D eigenvalue weighted by atomic mass is 16.5. The molecular formula is C20H20O2. The number of hydrogen-bond donors (Lipinski definition) is 1. The lowest BCUT2D eigenvalue weighted by molar-refractivity contribution is 0.223. The molecule has 0 saturated heterocycles. The molecule has 0 spiro atoms. The van der Waals surface area contributed by atoms with Crippen LogP contribution < -0.4 is 0 Å². The Morgan fingerprint density at radius 2 is 1.91 bits per heavy atom. The van der Waals surface area contributed by atoms with Crippen LogP contribution in [-0.4, -0.2) is 18.8 Å². The number of aryl methyl sites for hydroxylation is 1. The largest absolute Gasteiger partial charge is 0.508 e.